The molecule has 0 aromatic carbocycles. The molecule has 0 saturated heterocycles. The summed E-state index contributed by atoms with van der Waals surface area (Å²) in [7, 11) is 0. The van der Waals surface area contributed by atoms with Gasteiger partial charge in [-0.3, -0.25) is 4.79 Å². The summed E-state index contributed by atoms with van der Waals surface area (Å²) >= 11 is 0. The first kappa shape index (κ1) is 24.2. The van der Waals surface area contributed by atoms with Crippen LogP contribution in [-0.2, 0) is 28.5 Å². The van der Waals surface area contributed by atoms with Gasteiger partial charge in [0.05, 0.1) is 65.9 Å². The quantitative estimate of drug-likeness (QED) is 0.282. The molecule has 0 saturated carbocycles. The zero-order valence-corrected chi connectivity index (χ0v) is 15.9. The molecule has 0 fully saturated rings. The summed E-state index contributed by atoms with van der Waals surface area (Å²) in [6.45, 7) is 10.8. The molecule has 2 N–H and O–H groups in total. The molecule has 8 heteroatoms. The summed E-state index contributed by atoms with van der Waals surface area (Å²) in [4.78, 5) is 11.4. The van der Waals surface area contributed by atoms with E-state index in [-0.39, 0.29) is 19.0 Å². The summed E-state index contributed by atoms with van der Waals surface area (Å²) in [5.74, 6) is -0.256. The van der Waals surface area contributed by atoms with Crippen molar-refractivity contribution in [3.8, 4) is 0 Å². The van der Waals surface area contributed by atoms with Crippen LogP contribution in [0.15, 0.2) is 0 Å². The van der Waals surface area contributed by atoms with Gasteiger partial charge >= 0.3 is 5.97 Å². The van der Waals surface area contributed by atoms with Crippen LogP contribution >= 0.6 is 0 Å². The molecule has 0 aliphatic heterocycles. The third kappa shape index (κ3) is 21.2. The van der Waals surface area contributed by atoms with Gasteiger partial charge in [-0.15, -0.1) is 0 Å². The number of aliphatic hydroxyl groups is 1. The summed E-state index contributed by atoms with van der Waals surface area (Å²) in [6.07, 6.45) is 0.246. The average Bonchev–Trinajstić information content (AvgIpc) is 2.53. The number of aliphatic hydroxyl groups excluding tert-OH is 1. The summed E-state index contributed by atoms with van der Waals surface area (Å²) in [5, 5.41) is 11.6. The van der Waals surface area contributed by atoms with Gasteiger partial charge in [0, 0.05) is 13.1 Å². The number of hydrogen-bond donors (Lipinski definition) is 2. The second-order valence-corrected chi connectivity index (χ2v) is 6.26. The van der Waals surface area contributed by atoms with Gasteiger partial charge in [0.15, 0.2) is 0 Å². The Balaban J connectivity index is 3.13. The van der Waals surface area contributed by atoms with Crippen molar-refractivity contribution in [1.29, 1.82) is 0 Å². The van der Waals surface area contributed by atoms with Gasteiger partial charge in [-0.2, -0.15) is 0 Å². The number of nitrogens with one attached hydrogen (secondary N) is 1. The molecule has 0 unspecified atom stereocenters. The molecule has 0 aliphatic rings. The Kier molecular flexibility index (Phi) is 16.2. The number of rotatable bonds is 17. The van der Waals surface area contributed by atoms with Crippen molar-refractivity contribution < 1.29 is 33.6 Å². The Morgan fingerprint density at radius 1 is 0.800 bits per heavy atom. The van der Waals surface area contributed by atoms with Crippen LogP contribution in [0.5, 0.6) is 0 Å². The van der Waals surface area contributed by atoms with E-state index in [1.165, 1.54) is 0 Å². The molecule has 0 bridgehead atoms. The fourth-order valence-corrected chi connectivity index (χ4v) is 1.66. The van der Waals surface area contributed by atoms with Crippen LogP contribution in [0, 0.1) is 0 Å². The molecule has 0 radical (unpaired) electrons. The summed E-state index contributed by atoms with van der Waals surface area (Å²) < 4.78 is 26.5. The van der Waals surface area contributed by atoms with E-state index in [1.807, 2.05) is 20.8 Å². The minimum absolute atomic E-state index is 0.137. The topological polar surface area (TPSA) is 95.5 Å². The van der Waals surface area contributed by atoms with Crippen LogP contribution in [-0.4, -0.2) is 89.2 Å². The van der Waals surface area contributed by atoms with Crippen LogP contribution in [0.25, 0.3) is 0 Å². The lowest BCUT2D eigenvalue weighted by Gasteiger charge is -2.19. The molecular weight excluding hydrogens is 330 g/mol. The average molecular weight is 365 g/mol. The van der Waals surface area contributed by atoms with Gasteiger partial charge in [-0.05, 0) is 20.8 Å². The molecule has 150 valence electrons. The van der Waals surface area contributed by atoms with Crippen molar-refractivity contribution in [3.05, 3.63) is 0 Å². The SMILES string of the molecule is CC(C)(C)OC(=O)CCOCCOCCOCCOCCNCCO. The maximum atomic E-state index is 11.4. The molecule has 0 spiro atoms. The Labute approximate surface area is 151 Å². The van der Waals surface area contributed by atoms with Crippen molar-refractivity contribution in [3.63, 3.8) is 0 Å². The van der Waals surface area contributed by atoms with Crippen LogP contribution in [0.1, 0.15) is 27.2 Å². The highest BCUT2D eigenvalue weighted by molar-refractivity contribution is 5.69. The van der Waals surface area contributed by atoms with E-state index in [1.54, 1.807) is 0 Å². The maximum absolute atomic E-state index is 11.4. The predicted octanol–water partition coefficient (Wildman–Crippen LogP) is 0.367. The maximum Gasteiger partial charge on any atom is 0.308 e. The highest BCUT2D eigenvalue weighted by Crippen LogP contribution is 2.07. The molecule has 25 heavy (non-hydrogen) atoms. The first-order valence-corrected chi connectivity index (χ1v) is 8.80. The fraction of sp³-hybridized carbons (Fsp3) is 0.941. The second-order valence-electron chi connectivity index (χ2n) is 6.26. The Bertz CT molecular complexity index is 308. The number of carbonyl (C=O) groups excluding carboxylic acids is 1. The number of hydrogen-bond acceptors (Lipinski definition) is 8. The Morgan fingerprint density at radius 3 is 1.76 bits per heavy atom. The van der Waals surface area contributed by atoms with E-state index in [2.05, 4.69) is 5.32 Å². The van der Waals surface area contributed by atoms with Crippen LogP contribution < -0.4 is 5.32 Å². The smallest absolute Gasteiger partial charge is 0.308 e. The van der Waals surface area contributed by atoms with Gasteiger partial charge in [0.1, 0.15) is 5.60 Å². The third-order valence-electron chi connectivity index (χ3n) is 2.70. The molecule has 0 rings (SSSR count). The minimum atomic E-state index is -0.456. The highest BCUT2D eigenvalue weighted by Gasteiger charge is 2.15. The molecular formula is C17H35NO7. The van der Waals surface area contributed by atoms with Crippen LogP contribution in [0.4, 0.5) is 0 Å². The molecule has 0 atom stereocenters. The largest absolute Gasteiger partial charge is 0.460 e. The van der Waals surface area contributed by atoms with E-state index in [0.29, 0.717) is 59.4 Å². The molecule has 0 aliphatic carbocycles. The Morgan fingerprint density at radius 2 is 1.28 bits per heavy atom. The van der Waals surface area contributed by atoms with E-state index in [0.717, 1.165) is 6.54 Å². The van der Waals surface area contributed by atoms with Gasteiger partial charge in [0.25, 0.3) is 0 Å². The monoisotopic (exact) mass is 365 g/mol. The van der Waals surface area contributed by atoms with Crippen molar-refractivity contribution in [1.82, 2.24) is 5.32 Å². The normalized spacial score (nSPS) is 11.7. The highest BCUT2D eigenvalue weighted by atomic mass is 16.6. The fourth-order valence-electron chi connectivity index (χ4n) is 1.66. The second kappa shape index (κ2) is 16.7. The van der Waals surface area contributed by atoms with Crippen LogP contribution in [0.3, 0.4) is 0 Å². The van der Waals surface area contributed by atoms with E-state index >= 15 is 0 Å². The van der Waals surface area contributed by atoms with Crippen molar-refractivity contribution in [2.24, 2.45) is 0 Å². The number of carbonyl (C=O) groups is 1. The van der Waals surface area contributed by atoms with Crippen molar-refractivity contribution in [2.75, 3.05) is 72.6 Å². The molecule has 8 nitrogen and oxygen atoms in total. The number of esters is 1. The van der Waals surface area contributed by atoms with Gasteiger partial charge in [-0.25, -0.2) is 0 Å². The minimum Gasteiger partial charge on any atom is -0.460 e. The first-order valence-electron chi connectivity index (χ1n) is 8.80. The van der Waals surface area contributed by atoms with E-state index in [9.17, 15) is 4.79 Å². The Hall–Kier alpha value is -0.770. The molecule has 0 aromatic heterocycles. The van der Waals surface area contributed by atoms with Gasteiger partial charge in [-0.1, -0.05) is 0 Å². The summed E-state index contributed by atoms with van der Waals surface area (Å²) in [6, 6.07) is 0. The molecule has 0 aromatic rings. The third-order valence-corrected chi connectivity index (χ3v) is 2.70. The number of ether oxygens (including phenoxy) is 5. The van der Waals surface area contributed by atoms with E-state index in [4.69, 9.17) is 28.8 Å². The molecule has 0 amide bonds. The zero-order chi connectivity index (χ0) is 18.8. The lowest BCUT2D eigenvalue weighted by Crippen LogP contribution is -2.24. The summed E-state index contributed by atoms with van der Waals surface area (Å²) in [5.41, 5.74) is -0.456. The van der Waals surface area contributed by atoms with Gasteiger partial charge < -0.3 is 34.1 Å². The van der Waals surface area contributed by atoms with E-state index < -0.39 is 5.60 Å². The van der Waals surface area contributed by atoms with Crippen molar-refractivity contribution in [2.45, 2.75) is 32.8 Å². The standard InChI is InChI=1S/C17H35NO7/c1-17(2,3)25-16(20)4-8-21-10-12-23-14-15-24-13-11-22-9-6-18-5-7-19/h18-19H,4-15H2,1-3H3. The van der Waals surface area contributed by atoms with Crippen LogP contribution in [0.2, 0.25) is 0 Å². The lowest BCUT2D eigenvalue weighted by molar-refractivity contribution is -0.156. The first-order chi connectivity index (χ1) is 12.0. The lowest BCUT2D eigenvalue weighted by atomic mass is 10.2. The van der Waals surface area contributed by atoms with Gasteiger partial charge in [0.2, 0.25) is 0 Å². The predicted molar refractivity (Wildman–Crippen MR) is 93.7 cm³/mol. The zero-order valence-electron chi connectivity index (χ0n) is 15.9. The van der Waals surface area contributed by atoms with Crippen molar-refractivity contribution >= 4 is 5.97 Å². The molecule has 0 heterocycles.